The van der Waals surface area contributed by atoms with Crippen molar-refractivity contribution in [2.75, 3.05) is 13.6 Å². The zero-order valence-corrected chi connectivity index (χ0v) is 14.1. The van der Waals surface area contributed by atoms with Crippen LogP contribution in [0.1, 0.15) is 30.9 Å². The normalized spacial score (nSPS) is 25.6. The summed E-state index contributed by atoms with van der Waals surface area (Å²) < 4.78 is 0. The van der Waals surface area contributed by atoms with E-state index in [1.165, 1.54) is 5.56 Å². The lowest BCUT2D eigenvalue weighted by atomic mass is 10.0. The predicted molar refractivity (Wildman–Crippen MR) is 91.2 cm³/mol. The summed E-state index contributed by atoms with van der Waals surface area (Å²) in [7, 11) is 1.76. The third-order valence-corrected chi connectivity index (χ3v) is 4.61. The molecular weight excluding hydrogens is 322 g/mol. The summed E-state index contributed by atoms with van der Waals surface area (Å²) in [4.78, 5) is 36.5. The summed E-state index contributed by atoms with van der Waals surface area (Å²) >= 11 is 0. The molecule has 2 aliphatic heterocycles. The van der Waals surface area contributed by atoms with E-state index in [0.29, 0.717) is 13.0 Å². The van der Waals surface area contributed by atoms with Crippen molar-refractivity contribution in [1.29, 1.82) is 0 Å². The fourth-order valence-corrected chi connectivity index (χ4v) is 3.20. The molecule has 3 rings (SSSR count). The fourth-order valence-electron chi connectivity index (χ4n) is 3.20. The standard InChI is InChI=1S/C17H23N5O3/c1-22(15(23)8-7-13-16(24)19-17(25)18-13)10-12-9-14(21-20-12)11-5-3-2-4-6-11/h2-6,12-14,20-21H,7-10H2,1H3,(H2,18,19,24,25). The largest absolute Gasteiger partial charge is 0.344 e. The van der Waals surface area contributed by atoms with E-state index in [2.05, 4.69) is 33.6 Å². The first-order chi connectivity index (χ1) is 12.0. The molecule has 2 fully saturated rings. The molecule has 2 heterocycles. The van der Waals surface area contributed by atoms with Crippen LogP contribution in [0, 0.1) is 0 Å². The summed E-state index contributed by atoms with van der Waals surface area (Å²) in [6.07, 6.45) is 1.42. The van der Waals surface area contributed by atoms with Crippen LogP contribution in [0.4, 0.5) is 4.79 Å². The third-order valence-electron chi connectivity index (χ3n) is 4.61. The van der Waals surface area contributed by atoms with Gasteiger partial charge in [0.2, 0.25) is 5.91 Å². The Balaban J connectivity index is 1.43. The molecule has 134 valence electrons. The Hall–Kier alpha value is -2.45. The number of hydrogen-bond acceptors (Lipinski definition) is 5. The van der Waals surface area contributed by atoms with Crippen LogP contribution >= 0.6 is 0 Å². The lowest BCUT2D eigenvalue weighted by Crippen LogP contribution is -2.41. The Morgan fingerprint density at radius 3 is 2.64 bits per heavy atom. The van der Waals surface area contributed by atoms with Crippen LogP contribution in [0.5, 0.6) is 0 Å². The highest BCUT2D eigenvalue weighted by Gasteiger charge is 2.31. The number of imide groups is 1. The molecule has 2 aliphatic rings. The lowest BCUT2D eigenvalue weighted by Gasteiger charge is -2.21. The van der Waals surface area contributed by atoms with Gasteiger partial charge < -0.3 is 10.2 Å². The van der Waals surface area contributed by atoms with Gasteiger partial charge in [-0.2, -0.15) is 0 Å². The van der Waals surface area contributed by atoms with Gasteiger partial charge in [-0.3, -0.25) is 20.3 Å². The molecule has 25 heavy (non-hydrogen) atoms. The maximum Gasteiger partial charge on any atom is 0.322 e. The Kier molecular flexibility index (Phi) is 5.30. The van der Waals surface area contributed by atoms with Crippen molar-refractivity contribution in [1.82, 2.24) is 26.4 Å². The first kappa shape index (κ1) is 17.4. The molecule has 0 bridgehead atoms. The predicted octanol–water partition coefficient (Wildman–Crippen LogP) is 0.0408. The van der Waals surface area contributed by atoms with E-state index in [0.717, 1.165) is 6.42 Å². The molecule has 0 aromatic heterocycles. The van der Waals surface area contributed by atoms with Crippen LogP contribution in [0.25, 0.3) is 0 Å². The highest BCUT2D eigenvalue weighted by atomic mass is 16.2. The number of rotatable bonds is 6. The molecule has 8 nitrogen and oxygen atoms in total. The molecule has 3 unspecified atom stereocenters. The number of likely N-dealkylation sites (N-methyl/N-ethyl adjacent to an activating group) is 1. The number of nitrogens with one attached hydrogen (secondary N) is 4. The molecule has 4 amide bonds. The minimum Gasteiger partial charge on any atom is -0.344 e. The van der Waals surface area contributed by atoms with Gasteiger partial charge in [-0.1, -0.05) is 30.3 Å². The van der Waals surface area contributed by atoms with Crippen molar-refractivity contribution in [3.8, 4) is 0 Å². The highest BCUT2D eigenvalue weighted by molar-refractivity contribution is 6.04. The number of nitrogens with zero attached hydrogens (tertiary/aromatic N) is 1. The maximum atomic E-state index is 12.3. The second-order valence-corrected chi connectivity index (χ2v) is 6.51. The average Bonchev–Trinajstić information content (AvgIpc) is 3.19. The molecule has 0 radical (unpaired) electrons. The van der Waals surface area contributed by atoms with Crippen LogP contribution in [0.3, 0.4) is 0 Å². The number of hydrogen-bond donors (Lipinski definition) is 4. The number of amides is 4. The van der Waals surface area contributed by atoms with Gasteiger partial charge in [-0.25, -0.2) is 10.2 Å². The first-order valence-corrected chi connectivity index (χ1v) is 8.44. The molecule has 0 saturated carbocycles. The summed E-state index contributed by atoms with van der Waals surface area (Å²) in [5.74, 6) is -0.410. The second-order valence-electron chi connectivity index (χ2n) is 6.51. The van der Waals surface area contributed by atoms with Crippen molar-refractivity contribution in [2.24, 2.45) is 0 Å². The quantitative estimate of drug-likeness (QED) is 0.545. The maximum absolute atomic E-state index is 12.3. The molecule has 2 saturated heterocycles. The minimum atomic E-state index is -0.612. The van der Waals surface area contributed by atoms with Crippen molar-refractivity contribution < 1.29 is 14.4 Å². The number of benzene rings is 1. The van der Waals surface area contributed by atoms with Crippen molar-refractivity contribution in [3.63, 3.8) is 0 Å². The van der Waals surface area contributed by atoms with E-state index in [4.69, 9.17) is 0 Å². The smallest absolute Gasteiger partial charge is 0.322 e. The van der Waals surface area contributed by atoms with Crippen molar-refractivity contribution >= 4 is 17.8 Å². The van der Waals surface area contributed by atoms with E-state index >= 15 is 0 Å². The second kappa shape index (κ2) is 7.62. The zero-order valence-electron chi connectivity index (χ0n) is 14.1. The minimum absolute atomic E-state index is 0.0427. The molecule has 1 aromatic rings. The molecule has 0 spiro atoms. The van der Waals surface area contributed by atoms with Gasteiger partial charge in [-0.15, -0.1) is 0 Å². The Morgan fingerprint density at radius 2 is 1.96 bits per heavy atom. The Bertz CT molecular complexity index is 651. The van der Waals surface area contributed by atoms with Crippen molar-refractivity contribution in [3.05, 3.63) is 35.9 Å². The highest BCUT2D eigenvalue weighted by Crippen LogP contribution is 2.22. The third kappa shape index (κ3) is 4.34. The molecule has 1 aromatic carbocycles. The molecular formula is C17H23N5O3. The molecule has 0 aliphatic carbocycles. The van der Waals surface area contributed by atoms with E-state index in [-0.39, 0.29) is 30.3 Å². The van der Waals surface area contributed by atoms with Gasteiger partial charge >= 0.3 is 6.03 Å². The van der Waals surface area contributed by atoms with Gasteiger partial charge in [0.05, 0.1) is 0 Å². The number of carbonyl (C=O) groups excluding carboxylic acids is 3. The molecule has 3 atom stereocenters. The van der Waals surface area contributed by atoms with Gasteiger partial charge in [0.15, 0.2) is 0 Å². The molecule has 8 heteroatoms. The van der Waals surface area contributed by atoms with Gasteiger partial charge in [0.25, 0.3) is 5.91 Å². The van der Waals surface area contributed by atoms with E-state index in [1.807, 2.05) is 18.2 Å². The summed E-state index contributed by atoms with van der Waals surface area (Å²) in [6.45, 7) is 0.582. The van der Waals surface area contributed by atoms with Gasteiger partial charge in [0, 0.05) is 32.1 Å². The van der Waals surface area contributed by atoms with Crippen LogP contribution in [-0.2, 0) is 9.59 Å². The van der Waals surface area contributed by atoms with Gasteiger partial charge in [-0.05, 0) is 18.4 Å². The first-order valence-electron chi connectivity index (χ1n) is 8.44. The summed E-state index contributed by atoms with van der Waals surface area (Å²) in [5, 5.41) is 4.67. The number of carbonyl (C=O) groups is 3. The molecule has 4 N–H and O–H groups in total. The number of urea groups is 1. The Morgan fingerprint density at radius 1 is 1.20 bits per heavy atom. The SMILES string of the molecule is CN(CC1CC(c2ccccc2)NN1)C(=O)CCC1NC(=O)NC1=O. The number of hydrazine groups is 1. The van der Waals surface area contributed by atoms with E-state index < -0.39 is 12.1 Å². The van der Waals surface area contributed by atoms with Crippen molar-refractivity contribution in [2.45, 2.75) is 37.4 Å². The van der Waals surface area contributed by atoms with Gasteiger partial charge in [0.1, 0.15) is 6.04 Å². The zero-order chi connectivity index (χ0) is 17.8. The van der Waals surface area contributed by atoms with E-state index in [1.54, 1.807) is 11.9 Å². The van der Waals surface area contributed by atoms with Crippen LogP contribution < -0.4 is 21.5 Å². The fraction of sp³-hybridized carbons (Fsp3) is 0.471. The lowest BCUT2D eigenvalue weighted by molar-refractivity contribution is -0.130. The van der Waals surface area contributed by atoms with Crippen LogP contribution in [-0.4, -0.2) is 48.4 Å². The monoisotopic (exact) mass is 345 g/mol. The summed E-state index contributed by atoms with van der Waals surface area (Å²) in [6, 6.07) is 9.46. The van der Waals surface area contributed by atoms with E-state index in [9.17, 15) is 14.4 Å². The summed E-state index contributed by atoms with van der Waals surface area (Å²) in [5.41, 5.74) is 7.72. The average molecular weight is 345 g/mol. The topological polar surface area (TPSA) is 103 Å². The van der Waals surface area contributed by atoms with Crippen LogP contribution in [0.15, 0.2) is 30.3 Å². The van der Waals surface area contributed by atoms with Crippen LogP contribution in [0.2, 0.25) is 0 Å². The Labute approximate surface area is 146 Å².